The SMILES string of the molecule is COc1ncnc2c1nc(N)n2C1CCC(=O)NC1. The van der Waals surface area contributed by atoms with E-state index < -0.39 is 0 Å². The van der Waals surface area contributed by atoms with E-state index in [1.54, 1.807) is 0 Å². The third-order valence-electron chi connectivity index (χ3n) is 3.27. The number of carbonyl (C=O) groups is 1. The van der Waals surface area contributed by atoms with Crippen LogP contribution < -0.4 is 15.8 Å². The lowest BCUT2D eigenvalue weighted by atomic mass is 10.1. The fourth-order valence-electron chi connectivity index (χ4n) is 2.35. The van der Waals surface area contributed by atoms with E-state index in [9.17, 15) is 4.79 Å². The largest absolute Gasteiger partial charge is 0.479 e. The summed E-state index contributed by atoms with van der Waals surface area (Å²) in [5.41, 5.74) is 7.13. The Bertz CT molecular complexity index is 627. The van der Waals surface area contributed by atoms with E-state index in [0.29, 0.717) is 42.4 Å². The molecule has 19 heavy (non-hydrogen) atoms. The van der Waals surface area contributed by atoms with Gasteiger partial charge in [0.25, 0.3) is 0 Å². The summed E-state index contributed by atoms with van der Waals surface area (Å²) in [5, 5.41) is 2.82. The van der Waals surface area contributed by atoms with Crippen LogP contribution in [0.25, 0.3) is 11.2 Å². The lowest BCUT2D eigenvalue weighted by Crippen LogP contribution is -2.36. The summed E-state index contributed by atoms with van der Waals surface area (Å²) in [6.07, 6.45) is 2.61. The minimum Gasteiger partial charge on any atom is -0.479 e. The van der Waals surface area contributed by atoms with Gasteiger partial charge in [0.05, 0.1) is 13.2 Å². The first-order valence-electron chi connectivity index (χ1n) is 6.00. The first-order valence-corrected chi connectivity index (χ1v) is 6.00. The number of piperidine rings is 1. The van der Waals surface area contributed by atoms with E-state index in [2.05, 4.69) is 20.3 Å². The van der Waals surface area contributed by atoms with Gasteiger partial charge in [-0.25, -0.2) is 9.97 Å². The maximum atomic E-state index is 11.2. The molecule has 1 amide bonds. The molecule has 1 unspecified atom stereocenters. The zero-order valence-electron chi connectivity index (χ0n) is 10.5. The summed E-state index contributed by atoms with van der Waals surface area (Å²) in [7, 11) is 1.53. The van der Waals surface area contributed by atoms with Gasteiger partial charge in [-0.2, -0.15) is 4.98 Å². The minimum absolute atomic E-state index is 0.0577. The van der Waals surface area contributed by atoms with Gasteiger partial charge >= 0.3 is 0 Å². The van der Waals surface area contributed by atoms with Crippen LogP contribution in [-0.4, -0.2) is 39.1 Å². The predicted octanol–water partition coefficient (Wildman–Crippen LogP) is -0.132. The minimum atomic E-state index is 0.0577. The molecule has 1 saturated heterocycles. The molecule has 1 fully saturated rings. The Morgan fingerprint density at radius 1 is 1.53 bits per heavy atom. The quantitative estimate of drug-likeness (QED) is 0.780. The monoisotopic (exact) mass is 262 g/mol. The second-order valence-corrected chi connectivity index (χ2v) is 4.39. The van der Waals surface area contributed by atoms with Crippen molar-refractivity contribution in [1.82, 2.24) is 24.8 Å². The molecular weight excluding hydrogens is 248 g/mol. The molecule has 2 aromatic heterocycles. The van der Waals surface area contributed by atoms with Gasteiger partial charge in [-0.3, -0.25) is 9.36 Å². The molecule has 0 saturated carbocycles. The number of methoxy groups -OCH3 is 1. The van der Waals surface area contributed by atoms with Crippen LogP contribution in [0.3, 0.4) is 0 Å². The second kappa shape index (κ2) is 4.38. The number of nitrogens with two attached hydrogens (primary N) is 1. The van der Waals surface area contributed by atoms with Crippen molar-refractivity contribution in [3.63, 3.8) is 0 Å². The van der Waals surface area contributed by atoms with Gasteiger partial charge in [0, 0.05) is 13.0 Å². The van der Waals surface area contributed by atoms with Gasteiger partial charge in [-0.1, -0.05) is 0 Å². The number of rotatable bonds is 2. The third-order valence-corrected chi connectivity index (χ3v) is 3.27. The normalized spacial score (nSPS) is 19.4. The Morgan fingerprint density at radius 2 is 2.37 bits per heavy atom. The predicted molar refractivity (Wildman–Crippen MR) is 67.6 cm³/mol. The average molecular weight is 262 g/mol. The van der Waals surface area contributed by atoms with Gasteiger partial charge in [-0.05, 0) is 6.42 Å². The molecule has 1 aliphatic heterocycles. The number of ether oxygens (including phenoxy) is 1. The smallest absolute Gasteiger partial charge is 0.245 e. The van der Waals surface area contributed by atoms with Crippen molar-refractivity contribution >= 4 is 23.0 Å². The molecule has 0 aliphatic carbocycles. The van der Waals surface area contributed by atoms with E-state index >= 15 is 0 Å². The topological polar surface area (TPSA) is 108 Å². The van der Waals surface area contributed by atoms with Crippen LogP contribution in [0, 0.1) is 0 Å². The van der Waals surface area contributed by atoms with E-state index in [1.165, 1.54) is 13.4 Å². The summed E-state index contributed by atoms with van der Waals surface area (Å²) in [6, 6.07) is 0.0577. The fraction of sp³-hybridized carbons (Fsp3) is 0.455. The van der Waals surface area contributed by atoms with Gasteiger partial charge in [0.15, 0.2) is 11.2 Å². The van der Waals surface area contributed by atoms with E-state index in [-0.39, 0.29) is 11.9 Å². The third kappa shape index (κ3) is 1.85. The Hall–Kier alpha value is -2.38. The molecule has 8 nitrogen and oxygen atoms in total. The highest BCUT2D eigenvalue weighted by molar-refractivity contribution is 5.80. The van der Waals surface area contributed by atoms with Gasteiger partial charge in [-0.15, -0.1) is 0 Å². The number of hydrogen-bond donors (Lipinski definition) is 2. The van der Waals surface area contributed by atoms with Gasteiger partial charge in [0.2, 0.25) is 17.7 Å². The van der Waals surface area contributed by atoms with Crippen molar-refractivity contribution in [3.05, 3.63) is 6.33 Å². The molecule has 0 spiro atoms. The molecule has 0 aromatic carbocycles. The highest BCUT2D eigenvalue weighted by atomic mass is 16.5. The Morgan fingerprint density at radius 3 is 3.05 bits per heavy atom. The molecule has 1 aliphatic rings. The molecule has 3 heterocycles. The summed E-state index contributed by atoms with van der Waals surface area (Å²) in [4.78, 5) is 23.7. The molecule has 0 radical (unpaired) electrons. The molecule has 3 rings (SSSR count). The Balaban J connectivity index is 2.08. The fourth-order valence-corrected chi connectivity index (χ4v) is 2.35. The van der Waals surface area contributed by atoms with E-state index in [4.69, 9.17) is 10.5 Å². The number of aromatic nitrogens is 4. The molecule has 8 heteroatoms. The van der Waals surface area contributed by atoms with Crippen LogP contribution in [0.4, 0.5) is 5.95 Å². The Labute approximate surface area is 109 Å². The number of nitrogens with one attached hydrogen (secondary N) is 1. The summed E-state index contributed by atoms with van der Waals surface area (Å²) < 4.78 is 6.98. The van der Waals surface area contributed by atoms with Crippen molar-refractivity contribution in [2.24, 2.45) is 0 Å². The average Bonchev–Trinajstić information content (AvgIpc) is 2.76. The van der Waals surface area contributed by atoms with Crippen molar-refractivity contribution in [1.29, 1.82) is 0 Å². The van der Waals surface area contributed by atoms with Crippen LogP contribution in [0.5, 0.6) is 5.88 Å². The van der Waals surface area contributed by atoms with Crippen molar-refractivity contribution in [2.45, 2.75) is 18.9 Å². The first-order chi connectivity index (χ1) is 9.20. The molecule has 0 bridgehead atoms. The number of hydrogen-bond acceptors (Lipinski definition) is 6. The van der Waals surface area contributed by atoms with Crippen LogP contribution in [-0.2, 0) is 4.79 Å². The number of nitrogen functional groups attached to an aromatic ring is 1. The standard InChI is InChI=1S/C11H14N6O2/c1-19-10-8-9(14-5-15-10)17(11(12)16-8)6-2-3-7(18)13-4-6/h5-6H,2-4H2,1H3,(H2,12,16)(H,13,18). The molecule has 1 atom stereocenters. The van der Waals surface area contributed by atoms with E-state index in [1.807, 2.05) is 4.57 Å². The summed E-state index contributed by atoms with van der Waals surface area (Å²) in [6.45, 7) is 0.529. The number of amides is 1. The number of nitrogens with zero attached hydrogens (tertiary/aromatic N) is 4. The zero-order chi connectivity index (χ0) is 13.4. The Kier molecular flexibility index (Phi) is 2.69. The van der Waals surface area contributed by atoms with Crippen molar-refractivity contribution in [3.8, 4) is 5.88 Å². The second-order valence-electron chi connectivity index (χ2n) is 4.39. The lowest BCUT2D eigenvalue weighted by molar-refractivity contribution is -0.122. The van der Waals surface area contributed by atoms with Gasteiger partial charge < -0.3 is 15.8 Å². The van der Waals surface area contributed by atoms with Crippen LogP contribution in [0.15, 0.2) is 6.33 Å². The molecule has 100 valence electrons. The maximum absolute atomic E-state index is 11.2. The molecule has 2 aromatic rings. The lowest BCUT2D eigenvalue weighted by Gasteiger charge is -2.24. The highest BCUT2D eigenvalue weighted by Gasteiger charge is 2.25. The highest BCUT2D eigenvalue weighted by Crippen LogP contribution is 2.28. The van der Waals surface area contributed by atoms with Crippen LogP contribution in [0.2, 0.25) is 0 Å². The summed E-state index contributed by atoms with van der Waals surface area (Å²) in [5.74, 6) is 0.816. The molecular formula is C11H14N6O2. The first kappa shape index (κ1) is 11.7. The van der Waals surface area contributed by atoms with Crippen molar-refractivity contribution < 1.29 is 9.53 Å². The zero-order valence-corrected chi connectivity index (χ0v) is 10.5. The number of imidazole rings is 1. The summed E-state index contributed by atoms with van der Waals surface area (Å²) >= 11 is 0. The number of anilines is 1. The number of carbonyl (C=O) groups excluding carboxylic acids is 1. The number of fused-ring (bicyclic) bond motifs is 1. The molecule has 3 N–H and O–H groups in total. The maximum Gasteiger partial charge on any atom is 0.245 e. The van der Waals surface area contributed by atoms with Crippen LogP contribution >= 0.6 is 0 Å². The van der Waals surface area contributed by atoms with Crippen LogP contribution in [0.1, 0.15) is 18.9 Å². The van der Waals surface area contributed by atoms with Crippen molar-refractivity contribution in [2.75, 3.05) is 19.4 Å². The van der Waals surface area contributed by atoms with E-state index in [0.717, 1.165) is 0 Å². The van der Waals surface area contributed by atoms with Gasteiger partial charge in [0.1, 0.15) is 6.33 Å².